The summed E-state index contributed by atoms with van der Waals surface area (Å²) in [6, 6.07) is 8.14. The third-order valence-corrected chi connectivity index (χ3v) is 4.67. The van der Waals surface area contributed by atoms with Crippen molar-refractivity contribution in [3.05, 3.63) is 63.4 Å². The molecule has 3 nitrogen and oxygen atoms in total. The van der Waals surface area contributed by atoms with Gasteiger partial charge in [0.2, 0.25) is 0 Å². The molecule has 0 radical (unpaired) electrons. The highest BCUT2D eigenvalue weighted by Gasteiger charge is 2.15. The van der Waals surface area contributed by atoms with Gasteiger partial charge in [-0.05, 0) is 35.9 Å². The molecule has 0 aliphatic rings. The molecule has 0 spiro atoms. The number of carboxylic acids is 1. The highest BCUT2D eigenvalue weighted by atomic mass is 35.5. The van der Waals surface area contributed by atoms with Crippen LogP contribution in [0, 0.1) is 5.82 Å². The molecule has 7 heteroatoms. The Kier molecular flexibility index (Phi) is 4.98. The molecule has 110 valence electrons. The number of carboxylic acid groups (broad SMARTS) is 1. The molecule has 1 atom stereocenters. The maximum absolute atomic E-state index is 13.3. The van der Waals surface area contributed by atoms with Gasteiger partial charge in [0.25, 0.3) is 0 Å². The minimum Gasteiger partial charge on any atom is -0.478 e. The third kappa shape index (κ3) is 3.81. The van der Waals surface area contributed by atoms with Crippen LogP contribution in [-0.4, -0.2) is 15.3 Å². The zero-order valence-electron chi connectivity index (χ0n) is 10.5. The maximum Gasteiger partial charge on any atom is 0.338 e. The predicted octanol–water partition coefficient (Wildman–Crippen LogP) is 4.14. The molecule has 0 aliphatic heterocycles. The van der Waals surface area contributed by atoms with E-state index in [9.17, 15) is 13.4 Å². The standard InChI is InChI=1S/C14H9Cl2FO3S/c15-9-2-1-8(12(16)5-9)7-21(20)10-3-4-13(17)11(6-10)14(18)19/h1-6H,7H2,(H,18,19). The number of carbonyl (C=O) groups is 1. The summed E-state index contributed by atoms with van der Waals surface area (Å²) >= 11 is 11.8. The van der Waals surface area contributed by atoms with E-state index in [2.05, 4.69) is 0 Å². The zero-order valence-corrected chi connectivity index (χ0v) is 12.8. The summed E-state index contributed by atoms with van der Waals surface area (Å²) in [4.78, 5) is 11.1. The van der Waals surface area contributed by atoms with Crippen LogP contribution in [0.1, 0.15) is 15.9 Å². The van der Waals surface area contributed by atoms with Gasteiger partial charge in [-0.2, -0.15) is 0 Å². The Morgan fingerprint density at radius 2 is 1.90 bits per heavy atom. The summed E-state index contributed by atoms with van der Waals surface area (Å²) < 4.78 is 25.5. The molecule has 0 bridgehead atoms. The molecule has 0 aliphatic carbocycles. The summed E-state index contributed by atoms with van der Waals surface area (Å²) in [5.74, 6) is -2.19. The number of aromatic carboxylic acids is 1. The fourth-order valence-electron chi connectivity index (χ4n) is 1.67. The smallest absolute Gasteiger partial charge is 0.338 e. The Morgan fingerprint density at radius 1 is 1.19 bits per heavy atom. The first-order valence-electron chi connectivity index (χ1n) is 5.73. The van der Waals surface area contributed by atoms with Gasteiger partial charge >= 0.3 is 5.97 Å². The Labute approximate surface area is 132 Å². The quantitative estimate of drug-likeness (QED) is 0.904. The van der Waals surface area contributed by atoms with Gasteiger partial charge in [-0.1, -0.05) is 29.3 Å². The van der Waals surface area contributed by atoms with Crippen molar-refractivity contribution in [1.82, 2.24) is 0 Å². The zero-order chi connectivity index (χ0) is 15.6. The lowest BCUT2D eigenvalue weighted by Gasteiger charge is -2.06. The van der Waals surface area contributed by atoms with Gasteiger partial charge in [0.1, 0.15) is 5.82 Å². The molecule has 0 aromatic heterocycles. The Balaban J connectivity index is 2.28. The van der Waals surface area contributed by atoms with Crippen molar-refractivity contribution in [3.63, 3.8) is 0 Å². The van der Waals surface area contributed by atoms with Crippen LogP contribution in [0.15, 0.2) is 41.3 Å². The lowest BCUT2D eigenvalue weighted by atomic mass is 10.2. The van der Waals surface area contributed by atoms with Crippen LogP contribution in [0.5, 0.6) is 0 Å². The first-order valence-corrected chi connectivity index (χ1v) is 7.81. The molecule has 0 saturated heterocycles. The lowest BCUT2D eigenvalue weighted by molar-refractivity contribution is 0.0691. The summed E-state index contributed by atoms with van der Waals surface area (Å²) in [5, 5.41) is 9.70. The fourth-order valence-corrected chi connectivity index (χ4v) is 3.40. The second-order valence-corrected chi connectivity index (χ2v) is 6.47. The van der Waals surface area contributed by atoms with Gasteiger partial charge in [-0.25, -0.2) is 9.18 Å². The van der Waals surface area contributed by atoms with Crippen molar-refractivity contribution < 1.29 is 18.5 Å². The van der Waals surface area contributed by atoms with E-state index in [0.717, 1.165) is 12.1 Å². The summed E-state index contributed by atoms with van der Waals surface area (Å²) in [6.45, 7) is 0. The van der Waals surface area contributed by atoms with E-state index < -0.39 is 28.1 Å². The maximum atomic E-state index is 13.3. The number of rotatable bonds is 4. The molecule has 21 heavy (non-hydrogen) atoms. The second-order valence-electron chi connectivity index (χ2n) is 4.17. The largest absolute Gasteiger partial charge is 0.478 e. The SMILES string of the molecule is O=C(O)c1cc(S(=O)Cc2ccc(Cl)cc2Cl)ccc1F. The van der Waals surface area contributed by atoms with E-state index in [0.29, 0.717) is 15.6 Å². The van der Waals surface area contributed by atoms with Crippen LogP contribution in [0.2, 0.25) is 10.0 Å². The normalized spacial score (nSPS) is 12.1. The Morgan fingerprint density at radius 3 is 2.52 bits per heavy atom. The van der Waals surface area contributed by atoms with Gasteiger partial charge in [-0.3, -0.25) is 4.21 Å². The second kappa shape index (κ2) is 6.56. The first-order chi connectivity index (χ1) is 9.88. The molecule has 2 aromatic carbocycles. The molecule has 0 saturated carbocycles. The number of halogens is 3. The van der Waals surface area contributed by atoms with E-state index in [1.54, 1.807) is 12.1 Å². The van der Waals surface area contributed by atoms with Gasteiger partial charge < -0.3 is 5.11 Å². The van der Waals surface area contributed by atoms with Gasteiger partial charge in [0.15, 0.2) is 0 Å². The highest BCUT2D eigenvalue weighted by molar-refractivity contribution is 7.84. The summed E-state index contributed by atoms with van der Waals surface area (Å²) in [7, 11) is -1.54. The summed E-state index contributed by atoms with van der Waals surface area (Å²) in [5.41, 5.74) is 0.101. The minimum absolute atomic E-state index is 0.0840. The van der Waals surface area contributed by atoms with Gasteiger partial charge in [0.05, 0.1) is 22.1 Å². The molecule has 0 amide bonds. The molecular weight excluding hydrogens is 338 g/mol. The van der Waals surface area contributed by atoms with Crippen LogP contribution in [0.3, 0.4) is 0 Å². The first kappa shape index (κ1) is 15.9. The highest BCUT2D eigenvalue weighted by Crippen LogP contribution is 2.24. The van der Waals surface area contributed by atoms with Crippen LogP contribution < -0.4 is 0 Å². The third-order valence-electron chi connectivity index (χ3n) is 2.73. The molecule has 0 fully saturated rings. The minimum atomic E-state index is -1.54. The number of hydrogen-bond donors (Lipinski definition) is 1. The van der Waals surface area contributed by atoms with Crippen molar-refractivity contribution in [1.29, 1.82) is 0 Å². The predicted molar refractivity (Wildman–Crippen MR) is 79.9 cm³/mol. The van der Waals surface area contributed by atoms with Crippen LogP contribution in [0.25, 0.3) is 0 Å². The average molecular weight is 347 g/mol. The van der Waals surface area contributed by atoms with Crippen LogP contribution >= 0.6 is 23.2 Å². The van der Waals surface area contributed by atoms with Crippen molar-refractivity contribution in [2.24, 2.45) is 0 Å². The number of benzene rings is 2. The molecule has 1 N–H and O–H groups in total. The molecule has 2 rings (SSSR count). The Bertz CT molecular complexity index is 734. The topological polar surface area (TPSA) is 54.4 Å². The van der Waals surface area contributed by atoms with Crippen molar-refractivity contribution in [2.75, 3.05) is 0 Å². The average Bonchev–Trinajstić information content (AvgIpc) is 2.42. The monoisotopic (exact) mass is 346 g/mol. The molecule has 1 unspecified atom stereocenters. The van der Waals surface area contributed by atoms with E-state index in [-0.39, 0.29) is 10.6 Å². The number of hydrogen-bond acceptors (Lipinski definition) is 2. The van der Waals surface area contributed by atoms with Crippen molar-refractivity contribution in [3.8, 4) is 0 Å². The lowest BCUT2D eigenvalue weighted by Crippen LogP contribution is -2.04. The van der Waals surface area contributed by atoms with Crippen molar-refractivity contribution in [2.45, 2.75) is 10.6 Å². The van der Waals surface area contributed by atoms with Crippen LogP contribution in [0.4, 0.5) is 4.39 Å². The van der Waals surface area contributed by atoms with Gasteiger partial charge in [-0.15, -0.1) is 0 Å². The molecule has 2 aromatic rings. The van der Waals surface area contributed by atoms with Crippen molar-refractivity contribution >= 4 is 40.0 Å². The molecular formula is C14H9Cl2FO3S. The fraction of sp³-hybridized carbons (Fsp3) is 0.0714. The van der Waals surface area contributed by atoms with E-state index in [1.807, 2.05) is 0 Å². The Hall–Kier alpha value is -1.43. The summed E-state index contributed by atoms with van der Waals surface area (Å²) in [6.07, 6.45) is 0. The van der Waals surface area contributed by atoms with Gasteiger partial charge in [0, 0.05) is 14.9 Å². The molecule has 0 heterocycles. The van der Waals surface area contributed by atoms with Crippen LogP contribution in [-0.2, 0) is 16.6 Å². The van der Waals surface area contributed by atoms with E-state index in [1.165, 1.54) is 12.1 Å². The van der Waals surface area contributed by atoms with E-state index in [4.69, 9.17) is 28.3 Å². The van der Waals surface area contributed by atoms with E-state index >= 15 is 0 Å².